The highest BCUT2D eigenvalue weighted by atomic mass is 16.9. The summed E-state index contributed by atoms with van der Waals surface area (Å²) < 4.78 is 28.6. The molecule has 3 rings (SSSR count). The van der Waals surface area contributed by atoms with E-state index in [1.165, 1.54) is 0 Å². The van der Waals surface area contributed by atoms with Gasteiger partial charge in [0.05, 0.1) is 0 Å². The van der Waals surface area contributed by atoms with Crippen LogP contribution >= 0.6 is 0 Å². The average Bonchev–Trinajstić information content (AvgIpc) is 2.81. The summed E-state index contributed by atoms with van der Waals surface area (Å²) in [4.78, 5) is 11.1. The van der Waals surface area contributed by atoms with E-state index in [2.05, 4.69) is 0 Å². The van der Waals surface area contributed by atoms with E-state index in [1.807, 2.05) is 13.8 Å². The van der Waals surface area contributed by atoms with E-state index in [-0.39, 0.29) is 6.61 Å². The number of hydrogen-bond acceptors (Lipinski definition) is 6. The molecule has 0 bridgehead atoms. The molecule has 1 spiro atoms. The molecule has 0 aromatic rings. The van der Waals surface area contributed by atoms with Crippen LogP contribution < -0.4 is 0 Å². The van der Waals surface area contributed by atoms with E-state index in [9.17, 15) is 4.79 Å². The molecule has 0 amide bonds. The van der Waals surface area contributed by atoms with Crippen molar-refractivity contribution < 1.29 is 28.5 Å². The second-order valence-corrected chi connectivity index (χ2v) is 5.84. The molecule has 102 valence electrons. The Hall–Kier alpha value is -0.530. The molecule has 3 aliphatic heterocycles. The van der Waals surface area contributed by atoms with Gasteiger partial charge in [-0.1, -0.05) is 0 Å². The summed E-state index contributed by atoms with van der Waals surface area (Å²) in [5, 5.41) is 0. The maximum atomic E-state index is 11.1. The van der Waals surface area contributed by atoms with Crippen molar-refractivity contribution in [1.29, 1.82) is 0 Å². The fourth-order valence-corrected chi connectivity index (χ4v) is 2.79. The van der Waals surface area contributed by atoms with Gasteiger partial charge in [-0.3, -0.25) is 0 Å². The first kappa shape index (κ1) is 12.5. The molecule has 3 heterocycles. The van der Waals surface area contributed by atoms with Crippen LogP contribution in [0.3, 0.4) is 0 Å². The molecule has 3 aliphatic rings. The largest absolute Gasteiger partial charge is 0.345 e. The minimum atomic E-state index is -1.05. The molecule has 3 fully saturated rings. The average molecular weight is 258 g/mol. The van der Waals surface area contributed by atoms with Crippen molar-refractivity contribution in [2.24, 2.45) is 0 Å². The normalized spacial score (nSPS) is 48.6. The van der Waals surface area contributed by atoms with Crippen LogP contribution in [0.1, 0.15) is 27.7 Å². The van der Waals surface area contributed by atoms with E-state index < -0.39 is 35.7 Å². The van der Waals surface area contributed by atoms with Crippen LogP contribution in [0.5, 0.6) is 0 Å². The van der Waals surface area contributed by atoms with E-state index in [0.29, 0.717) is 0 Å². The third-order valence-corrected chi connectivity index (χ3v) is 3.40. The first-order valence-corrected chi connectivity index (χ1v) is 6.10. The SMILES string of the molecule is CC1(C)O[C@H]2[C@H](C=O)O[C@@]3(COC(C)(C)O3)[C@H]2O1. The summed E-state index contributed by atoms with van der Waals surface area (Å²) in [5.41, 5.74) is 0. The van der Waals surface area contributed by atoms with E-state index >= 15 is 0 Å². The Morgan fingerprint density at radius 2 is 1.78 bits per heavy atom. The molecule has 0 aromatic carbocycles. The third-order valence-electron chi connectivity index (χ3n) is 3.40. The van der Waals surface area contributed by atoms with Gasteiger partial charge in [0, 0.05) is 0 Å². The molecule has 3 saturated heterocycles. The van der Waals surface area contributed by atoms with Crippen LogP contribution in [-0.2, 0) is 28.5 Å². The van der Waals surface area contributed by atoms with Crippen molar-refractivity contribution in [2.75, 3.05) is 6.61 Å². The number of carbonyl (C=O) groups is 1. The molecule has 0 saturated carbocycles. The quantitative estimate of drug-likeness (QED) is 0.641. The van der Waals surface area contributed by atoms with Crippen LogP contribution in [0.2, 0.25) is 0 Å². The molecule has 0 N–H and O–H groups in total. The minimum Gasteiger partial charge on any atom is -0.345 e. The molecule has 0 aromatic heterocycles. The lowest BCUT2D eigenvalue weighted by atomic mass is 10.1. The van der Waals surface area contributed by atoms with E-state index in [4.69, 9.17) is 23.7 Å². The summed E-state index contributed by atoms with van der Waals surface area (Å²) >= 11 is 0. The van der Waals surface area contributed by atoms with Gasteiger partial charge in [-0.05, 0) is 27.7 Å². The number of fused-ring (bicyclic) bond motifs is 2. The third kappa shape index (κ3) is 1.71. The van der Waals surface area contributed by atoms with Crippen LogP contribution in [0.15, 0.2) is 0 Å². The van der Waals surface area contributed by atoms with Crippen molar-refractivity contribution >= 4 is 6.29 Å². The maximum Gasteiger partial charge on any atom is 0.225 e. The van der Waals surface area contributed by atoms with Crippen molar-refractivity contribution in [1.82, 2.24) is 0 Å². The predicted octanol–water partition coefficient (Wildman–Crippen LogP) is 0.583. The van der Waals surface area contributed by atoms with Gasteiger partial charge in [-0.2, -0.15) is 0 Å². The Labute approximate surface area is 105 Å². The fraction of sp³-hybridized carbons (Fsp3) is 0.917. The molecule has 0 aliphatic carbocycles. The lowest BCUT2D eigenvalue weighted by molar-refractivity contribution is -0.292. The number of aldehydes is 1. The summed E-state index contributed by atoms with van der Waals surface area (Å²) in [5.74, 6) is -2.55. The zero-order valence-electron chi connectivity index (χ0n) is 11.0. The zero-order valence-corrected chi connectivity index (χ0v) is 11.0. The van der Waals surface area contributed by atoms with Gasteiger partial charge >= 0.3 is 0 Å². The van der Waals surface area contributed by atoms with Gasteiger partial charge in [0.25, 0.3) is 0 Å². The number of rotatable bonds is 1. The summed E-state index contributed by atoms with van der Waals surface area (Å²) in [6.07, 6.45) is -0.861. The highest BCUT2D eigenvalue weighted by molar-refractivity contribution is 5.58. The smallest absolute Gasteiger partial charge is 0.225 e. The first-order valence-electron chi connectivity index (χ1n) is 6.10. The maximum absolute atomic E-state index is 11.1. The number of hydrogen-bond donors (Lipinski definition) is 0. The second-order valence-electron chi connectivity index (χ2n) is 5.84. The second kappa shape index (κ2) is 3.52. The van der Waals surface area contributed by atoms with Crippen LogP contribution in [0, 0.1) is 0 Å². The molecular formula is C12H18O6. The molecule has 6 nitrogen and oxygen atoms in total. The Balaban J connectivity index is 1.91. The number of carbonyl (C=O) groups excluding carboxylic acids is 1. The van der Waals surface area contributed by atoms with Crippen molar-refractivity contribution in [3.05, 3.63) is 0 Å². The molecule has 4 atom stereocenters. The molecule has 18 heavy (non-hydrogen) atoms. The van der Waals surface area contributed by atoms with Gasteiger partial charge in [0.2, 0.25) is 5.79 Å². The Morgan fingerprint density at radius 3 is 2.33 bits per heavy atom. The van der Waals surface area contributed by atoms with Crippen LogP contribution in [-0.4, -0.2) is 48.6 Å². The lowest BCUT2D eigenvalue weighted by Gasteiger charge is -2.30. The van der Waals surface area contributed by atoms with Gasteiger partial charge in [0.1, 0.15) is 24.9 Å². The Bertz CT molecular complexity index is 379. The minimum absolute atomic E-state index is 0.227. The lowest BCUT2D eigenvalue weighted by Crippen LogP contribution is -2.46. The first-order chi connectivity index (χ1) is 8.27. The highest BCUT2D eigenvalue weighted by Crippen LogP contribution is 2.48. The zero-order chi connectivity index (χ0) is 13.2. The van der Waals surface area contributed by atoms with Gasteiger partial charge in [0.15, 0.2) is 17.9 Å². The van der Waals surface area contributed by atoms with Gasteiger partial charge in [-0.25, -0.2) is 0 Å². The standard InChI is InChI=1S/C12H18O6/c1-10(2)14-6-12(18-10)9-8(7(5-13)15-12)16-11(3,4)17-9/h5,7-9H,6H2,1-4H3/t7-,8-,9-,12+/m0/s1. The van der Waals surface area contributed by atoms with E-state index in [1.54, 1.807) is 13.8 Å². The Kier molecular flexibility index (Phi) is 2.44. The molecule has 0 unspecified atom stereocenters. The Morgan fingerprint density at radius 1 is 1.06 bits per heavy atom. The predicted molar refractivity (Wildman–Crippen MR) is 58.6 cm³/mol. The monoisotopic (exact) mass is 258 g/mol. The summed E-state index contributed by atoms with van der Waals surface area (Å²) in [7, 11) is 0. The topological polar surface area (TPSA) is 63.2 Å². The van der Waals surface area contributed by atoms with Crippen molar-refractivity contribution in [3.63, 3.8) is 0 Å². The number of ether oxygens (including phenoxy) is 5. The summed E-state index contributed by atoms with van der Waals surface area (Å²) in [6.45, 7) is 7.44. The molecule has 0 radical (unpaired) electrons. The van der Waals surface area contributed by atoms with Crippen molar-refractivity contribution in [2.45, 2.75) is 63.4 Å². The molecule has 6 heteroatoms. The van der Waals surface area contributed by atoms with Crippen LogP contribution in [0.4, 0.5) is 0 Å². The van der Waals surface area contributed by atoms with Gasteiger partial charge < -0.3 is 28.5 Å². The van der Waals surface area contributed by atoms with Crippen molar-refractivity contribution in [3.8, 4) is 0 Å². The highest BCUT2D eigenvalue weighted by Gasteiger charge is 2.67. The molecular weight excluding hydrogens is 240 g/mol. The fourth-order valence-electron chi connectivity index (χ4n) is 2.79. The van der Waals surface area contributed by atoms with Crippen LogP contribution in [0.25, 0.3) is 0 Å². The summed E-state index contributed by atoms with van der Waals surface area (Å²) in [6, 6.07) is 0. The van der Waals surface area contributed by atoms with E-state index in [0.717, 1.165) is 6.29 Å². The van der Waals surface area contributed by atoms with Gasteiger partial charge in [-0.15, -0.1) is 0 Å².